The Morgan fingerprint density at radius 3 is 1.59 bits per heavy atom. The van der Waals surface area contributed by atoms with E-state index in [1.165, 1.54) is 57.2 Å². The van der Waals surface area contributed by atoms with E-state index in [-0.39, 0.29) is 180 Å². The Bertz CT molecular complexity index is 4400. The topological polar surface area (TPSA) is 365 Å². The van der Waals surface area contributed by atoms with Crippen molar-refractivity contribution in [3.05, 3.63) is 165 Å². The van der Waals surface area contributed by atoms with Crippen LogP contribution in [0.2, 0.25) is 0 Å². The molecule has 0 amide bonds. The molecule has 1 aliphatic carbocycles. The van der Waals surface area contributed by atoms with Crippen LogP contribution < -0.4 is 149 Å². The predicted octanol–water partition coefficient (Wildman–Crippen LogP) is -13.8. The van der Waals surface area contributed by atoms with Crippen LogP contribution in [0.1, 0.15) is 64.5 Å². The summed E-state index contributed by atoms with van der Waals surface area (Å²) in [6.45, 7) is 9.40. The zero-order chi connectivity index (χ0) is 56.4. The predicted molar refractivity (Wildman–Crippen MR) is 269 cm³/mol. The number of carboxylic acids is 3. The Labute approximate surface area is 550 Å². The molecule has 1 aliphatic heterocycles. The normalized spacial score (nSPS) is 11.5. The summed E-state index contributed by atoms with van der Waals surface area (Å²) in [5.41, 5.74) is -0.0641. The number of fused-ring (bicyclic) bond motifs is 2. The summed E-state index contributed by atoms with van der Waals surface area (Å²) in [6, 6.07) is 23.3. The first-order valence-corrected chi connectivity index (χ1v) is 28.0. The van der Waals surface area contributed by atoms with Crippen molar-refractivity contribution in [1.82, 2.24) is 0 Å². The molecule has 398 valence electrons. The molecule has 0 atom stereocenters. The molecule has 0 fully saturated rings. The van der Waals surface area contributed by atoms with Crippen LogP contribution >= 0.6 is 0 Å². The molecule has 8 rings (SSSR count). The Kier molecular flexibility index (Phi) is 25.1. The second-order valence-corrected chi connectivity index (χ2v) is 23.6. The van der Waals surface area contributed by atoms with Gasteiger partial charge in [-0.25, -0.2) is 38.7 Å². The van der Waals surface area contributed by atoms with Gasteiger partial charge in [0.2, 0.25) is 10.0 Å². The molecule has 2 aliphatic rings. The maximum Gasteiger partial charge on any atom is 1.00 e. The summed E-state index contributed by atoms with van der Waals surface area (Å²) in [6.07, 6.45) is 0. The van der Waals surface area contributed by atoms with Gasteiger partial charge in [0, 0.05) is 28.9 Å². The van der Waals surface area contributed by atoms with Crippen LogP contribution in [0, 0.1) is 53.7 Å². The summed E-state index contributed by atoms with van der Waals surface area (Å²) in [7, 11) is -20.0. The van der Waals surface area contributed by atoms with Crippen molar-refractivity contribution in [2.24, 2.45) is 4.99 Å². The summed E-state index contributed by atoms with van der Waals surface area (Å²) < 4.78 is 144. The van der Waals surface area contributed by atoms with E-state index in [2.05, 4.69) is 31.9 Å². The molecule has 0 saturated heterocycles. The van der Waals surface area contributed by atoms with Crippen molar-refractivity contribution in [3.63, 3.8) is 0 Å². The molecule has 83 heavy (non-hydrogen) atoms. The molecule has 0 radical (unpaired) electrons. The number of sulfonamides is 2. The van der Waals surface area contributed by atoms with Gasteiger partial charge in [-0.15, -0.1) is 17.7 Å². The largest absolute Gasteiger partial charge is 1.00 e. The van der Waals surface area contributed by atoms with E-state index in [9.17, 15) is 72.5 Å². The molecule has 21 nitrogen and oxygen atoms in total. The number of carbonyl (C=O) groups is 3. The monoisotopic (exact) mass is 1160 g/mol. The van der Waals surface area contributed by atoms with Gasteiger partial charge in [-0.1, -0.05) is 47.0 Å². The minimum Gasteiger partial charge on any atom is -0.744 e. The number of hydrogen-bond acceptors (Lipinski definition) is 19. The number of anilines is 4. The molecule has 6 aromatic carbocycles. The first kappa shape index (κ1) is 74.2. The van der Waals surface area contributed by atoms with Gasteiger partial charge in [-0.2, -0.15) is 30.3 Å². The van der Waals surface area contributed by atoms with Crippen molar-refractivity contribution >= 4 is 97.6 Å². The minimum atomic E-state index is -5.53. The van der Waals surface area contributed by atoms with Crippen LogP contribution in [0.5, 0.6) is 0 Å². The number of carboxylic acid groups (broad SMARTS) is 3. The molecule has 1 heterocycles. The molecular formula is C52H37Li6N4O17S4-. The number of carbonyl (C=O) groups excluding carboxylic acids is 3. The molecular weight excluding hydrogens is 1120 g/mol. The van der Waals surface area contributed by atoms with Crippen LogP contribution in [-0.2, 0) is 40.3 Å². The first-order chi connectivity index (χ1) is 35.9. The summed E-state index contributed by atoms with van der Waals surface area (Å²) in [4.78, 5) is 36.5. The van der Waals surface area contributed by atoms with E-state index >= 15 is 0 Å². The Morgan fingerprint density at radius 2 is 1.04 bits per heavy atom. The maximum atomic E-state index is 13.8. The van der Waals surface area contributed by atoms with Gasteiger partial charge in [0.15, 0.2) is 0 Å². The SMILES string of the molecule is Cc1cc(C)c(NS(=O)(=O)c2cc(C(=O)[O-])cc(C(=O)[O-])c2)c(C)c1N=c1cc2oc3cc(Nc4c(C)cc(C)c(NS(=O)(=O)c5c[c-]cc(C(=O)[O-])c5)c4C)[c-]cc3c(-c3ccccc3S(=O)(=O)[O-])c-2cc1S(=O)(=O)[O-].[Li+].[Li+].[Li+].[Li+].[Li+].[Li+]. The average molecular weight is 1160 g/mol. The second kappa shape index (κ2) is 28.1. The van der Waals surface area contributed by atoms with Crippen LogP contribution in [-0.4, -0.2) is 60.7 Å². The fourth-order valence-corrected chi connectivity index (χ4v) is 12.6. The van der Waals surface area contributed by atoms with E-state index in [0.717, 1.165) is 36.4 Å². The second-order valence-electron chi connectivity index (χ2n) is 17.6. The van der Waals surface area contributed by atoms with Crippen LogP contribution in [0.25, 0.3) is 33.4 Å². The first-order valence-electron chi connectivity index (χ1n) is 22.2. The number of rotatable bonds is 15. The van der Waals surface area contributed by atoms with E-state index < -0.39 is 99.8 Å². The summed E-state index contributed by atoms with van der Waals surface area (Å²) in [5, 5.41) is 37.6. The zero-order valence-corrected chi connectivity index (χ0v) is 50.0. The van der Waals surface area contributed by atoms with Gasteiger partial charge >= 0.3 is 113 Å². The Morgan fingerprint density at radius 1 is 0.530 bits per heavy atom. The molecule has 0 spiro atoms. The number of benzene rings is 7. The van der Waals surface area contributed by atoms with E-state index in [1.807, 2.05) is 0 Å². The number of aromatic carboxylic acids is 3. The Hall–Kier alpha value is -4.88. The van der Waals surface area contributed by atoms with E-state index in [0.29, 0.717) is 46.1 Å². The van der Waals surface area contributed by atoms with Crippen LogP contribution in [0.15, 0.2) is 126 Å². The minimum absolute atomic E-state index is 0. The average Bonchev–Trinajstić information content (AvgIpc) is 3.54. The van der Waals surface area contributed by atoms with Crippen molar-refractivity contribution in [3.8, 4) is 22.5 Å². The molecule has 0 unspecified atom stereocenters. The molecule has 0 bridgehead atoms. The molecule has 6 aromatic rings. The van der Waals surface area contributed by atoms with Gasteiger partial charge in [0.1, 0.15) is 26.0 Å². The zero-order valence-electron chi connectivity index (χ0n) is 46.8. The van der Waals surface area contributed by atoms with Gasteiger partial charge in [-0.05, 0) is 127 Å². The maximum absolute atomic E-state index is 13.8. The number of nitrogens with zero attached hydrogens (tertiary/aromatic N) is 1. The van der Waals surface area contributed by atoms with Gasteiger partial charge < -0.3 is 48.5 Å². The molecule has 3 N–H and O–H groups in total. The third-order valence-electron chi connectivity index (χ3n) is 12.3. The standard InChI is InChI=1S/C52H42N4O17S4.6Li/c1-25-16-27(3)48(55-74(63,64)35-11-9-10-31(19-35)50(57)58)29(5)46(25)53-34-14-15-37-41(22-34)73-42-24-40(44(77(70,71)72)23-39(42)45(37)38-12-7-8-13-43(38)76(67,68)69)54-47-26(2)17-28(4)49(30(47)6)56-75(65,66)36-20-32(51(59)60)18-33(21-36)52(61)62;;;;;;/h7-8,10-13,15-24,53,55-56H,1-6H3,(H,57,58)(H,59,60)(H,61,62)(H,67,68,69)(H,70,71,72);;;;;;/q-2;6*+1/p-5. The van der Waals surface area contributed by atoms with Crippen molar-refractivity contribution in [1.29, 1.82) is 0 Å². The van der Waals surface area contributed by atoms with Crippen molar-refractivity contribution in [2.75, 3.05) is 14.8 Å². The number of hydrogen-bond donors (Lipinski definition) is 3. The van der Waals surface area contributed by atoms with Crippen LogP contribution in [0.3, 0.4) is 0 Å². The van der Waals surface area contributed by atoms with Gasteiger partial charge in [-0.3, -0.25) is 9.44 Å². The van der Waals surface area contributed by atoms with Crippen LogP contribution in [0.4, 0.5) is 28.4 Å². The quantitative estimate of drug-likeness (QED) is 0.0371. The van der Waals surface area contributed by atoms with Gasteiger partial charge in [0.25, 0.3) is 10.0 Å². The van der Waals surface area contributed by atoms with Crippen molar-refractivity contribution in [2.45, 2.75) is 61.1 Å². The molecule has 0 aromatic heterocycles. The number of aryl methyl sites for hydroxylation is 4. The smallest absolute Gasteiger partial charge is 0.744 e. The Balaban J connectivity index is 0.00000392. The molecule has 0 saturated carbocycles. The number of nitrogens with one attached hydrogen (secondary N) is 3. The third-order valence-corrected chi connectivity index (χ3v) is 16.7. The fraction of sp³-hybridized carbons (Fsp3) is 0.115. The van der Waals surface area contributed by atoms with Crippen molar-refractivity contribution < 1.29 is 190 Å². The van der Waals surface area contributed by atoms with Gasteiger partial charge in [0.05, 0.1) is 49.0 Å². The summed E-state index contributed by atoms with van der Waals surface area (Å²) >= 11 is 0. The van der Waals surface area contributed by atoms with E-state index in [4.69, 9.17) is 4.42 Å². The fourth-order valence-electron chi connectivity index (χ4n) is 8.78. The van der Waals surface area contributed by atoms with E-state index in [1.54, 1.807) is 26.8 Å². The third kappa shape index (κ3) is 15.6. The molecule has 31 heteroatoms. The summed E-state index contributed by atoms with van der Waals surface area (Å²) in [5.74, 6) is -5.61.